The van der Waals surface area contributed by atoms with E-state index in [0.29, 0.717) is 23.9 Å². The second kappa shape index (κ2) is 8.74. The molecule has 0 saturated carbocycles. The monoisotopic (exact) mass is 486 g/mol. The molecule has 2 atom stereocenters. The fourth-order valence-electron chi connectivity index (χ4n) is 4.56. The van der Waals surface area contributed by atoms with Gasteiger partial charge in [0.1, 0.15) is 22.7 Å². The zero-order valence-corrected chi connectivity index (χ0v) is 20.8. The van der Waals surface area contributed by atoms with Crippen LogP contribution in [0.4, 0.5) is 5.82 Å². The first-order valence-corrected chi connectivity index (χ1v) is 12.3. The van der Waals surface area contributed by atoms with Crippen molar-refractivity contribution in [1.82, 2.24) is 19.7 Å². The molecule has 0 amide bonds. The molecule has 1 aliphatic rings. The second-order valence-electron chi connectivity index (χ2n) is 8.70. The molecule has 1 unspecified atom stereocenters. The van der Waals surface area contributed by atoms with Crippen LogP contribution in [-0.2, 0) is 4.79 Å². The minimum absolute atomic E-state index is 0.425. The number of nitrogen functional groups attached to an aromatic ring is 1. The fraction of sp³-hybridized carbons (Fsp3) is 0.269. The van der Waals surface area contributed by atoms with Gasteiger partial charge in [-0.15, -0.1) is 21.5 Å². The highest BCUT2D eigenvalue weighted by Gasteiger charge is 2.37. The van der Waals surface area contributed by atoms with E-state index in [1.165, 1.54) is 4.88 Å². The number of nitrogens with zero attached hydrogens (tertiary/aromatic N) is 5. The number of aliphatic carboxylic acids is 1. The number of carboxylic acids is 1. The number of aliphatic imine (C=N–C) groups is 1. The van der Waals surface area contributed by atoms with Crippen molar-refractivity contribution in [1.29, 1.82) is 0 Å². The minimum atomic E-state index is -0.894. The maximum atomic E-state index is 12.2. The summed E-state index contributed by atoms with van der Waals surface area (Å²) in [6, 6.07) is 12.9. The molecule has 1 aliphatic heterocycles. The summed E-state index contributed by atoms with van der Waals surface area (Å²) in [6.07, 6.45) is 0.425. The van der Waals surface area contributed by atoms with E-state index in [0.717, 1.165) is 38.7 Å². The molecule has 35 heavy (non-hydrogen) atoms. The molecule has 0 saturated heterocycles. The second-order valence-corrected chi connectivity index (χ2v) is 9.91. The number of hydrogen-bond acceptors (Lipinski definition) is 7. The average molecular weight is 487 g/mol. The molecule has 0 spiro atoms. The Balaban J connectivity index is 1.72. The highest BCUT2D eigenvalue weighted by Crippen LogP contribution is 2.41. The van der Waals surface area contributed by atoms with Crippen LogP contribution in [0.2, 0.25) is 0 Å². The van der Waals surface area contributed by atoms with Crippen LogP contribution in [-0.4, -0.2) is 36.5 Å². The summed E-state index contributed by atoms with van der Waals surface area (Å²) in [5.41, 5.74) is 11.4. The Morgan fingerprint density at radius 2 is 1.83 bits per heavy atom. The molecule has 0 aliphatic carbocycles. The molecule has 5 rings (SSSR count). The Hall–Kier alpha value is -3.85. The number of rotatable bonds is 5. The van der Waals surface area contributed by atoms with Gasteiger partial charge in [0.15, 0.2) is 5.82 Å². The molecule has 4 aromatic rings. The molecule has 8 nitrogen and oxygen atoms in total. The van der Waals surface area contributed by atoms with Crippen LogP contribution in [0.25, 0.3) is 16.3 Å². The Morgan fingerprint density at radius 1 is 1.11 bits per heavy atom. The van der Waals surface area contributed by atoms with Crippen molar-refractivity contribution < 1.29 is 9.90 Å². The van der Waals surface area contributed by atoms with Crippen LogP contribution in [0.15, 0.2) is 47.5 Å². The lowest BCUT2D eigenvalue weighted by Crippen LogP contribution is -2.23. The van der Waals surface area contributed by atoms with Crippen molar-refractivity contribution in [2.75, 3.05) is 5.73 Å². The first-order chi connectivity index (χ1) is 16.8. The number of nitrogens with two attached hydrogens (primary N) is 1. The summed E-state index contributed by atoms with van der Waals surface area (Å²) in [7, 11) is 0. The first kappa shape index (κ1) is 22.9. The summed E-state index contributed by atoms with van der Waals surface area (Å²) < 4.78 is 1.98. The Labute approximate surface area is 207 Å². The average Bonchev–Trinajstić information content (AvgIpc) is 3.31. The molecular formula is C26H26N6O2S. The van der Waals surface area contributed by atoms with E-state index in [9.17, 15) is 9.90 Å². The standard InChI is InChI=1S/C26H26N6O2S/c1-5-18(26(33)34)23-24-31-30-15(4)32(24)25-21(13(2)14(3)35-25)22(29-23)17-11-9-16(10-12-17)19-7-6-8-20(27)28-19/h6-12,18,23H,5H2,1-4H3,(H2,27,28)(H,33,34)/t18?,23-/m0/s1. The number of fused-ring (bicyclic) bond motifs is 3. The number of benzene rings is 1. The summed E-state index contributed by atoms with van der Waals surface area (Å²) in [5, 5.41) is 19.7. The molecule has 0 fully saturated rings. The minimum Gasteiger partial charge on any atom is -0.481 e. The summed E-state index contributed by atoms with van der Waals surface area (Å²) in [6.45, 7) is 7.93. The molecule has 0 bridgehead atoms. The van der Waals surface area contributed by atoms with Crippen molar-refractivity contribution in [3.63, 3.8) is 0 Å². The molecule has 3 N–H and O–H groups in total. The quantitative estimate of drug-likeness (QED) is 0.414. The number of aromatic nitrogens is 4. The molecule has 0 radical (unpaired) electrons. The van der Waals surface area contributed by atoms with Gasteiger partial charge in [-0.1, -0.05) is 37.3 Å². The Morgan fingerprint density at radius 3 is 2.49 bits per heavy atom. The predicted octanol–water partition coefficient (Wildman–Crippen LogP) is 4.90. The van der Waals surface area contributed by atoms with Gasteiger partial charge in [-0.25, -0.2) is 4.98 Å². The van der Waals surface area contributed by atoms with Gasteiger partial charge in [0.2, 0.25) is 0 Å². The van der Waals surface area contributed by atoms with Crippen molar-refractivity contribution in [3.05, 3.63) is 75.7 Å². The van der Waals surface area contributed by atoms with Crippen molar-refractivity contribution in [3.8, 4) is 16.3 Å². The third-order valence-electron chi connectivity index (χ3n) is 6.55. The van der Waals surface area contributed by atoms with Crippen molar-refractivity contribution in [2.45, 2.75) is 40.2 Å². The van der Waals surface area contributed by atoms with Crippen LogP contribution in [0.3, 0.4) is 0 Å². The van der Waals surface area contributed by atoms with Crippen LogP contribution in [0.5, 0.6) is 0 Å². The van der Waals surface area contributed by atoms with E-state index < -0.39 is 17.9 Å². The summed E-state index contributed by atoms with van der Waals surface area (Å²) in [5.74, 6) is 0.129. The Bertz CT molecular complexity index is 1470. The summed E-state index contributed by atoms with van der Waals surface area (Å²) >= 11 is 1.65. The SMILES string of the molecule is CCC(C(=O)O)[C@@H]1N=C(c2ccc(-c3cccc(N)n3)cc2)c2c(sc(C)c2C)-n2c(C)nnc21. The molecule has 178 valence electrons. The molecule has 3 aromatic heterocycles. The van der Waals surface area contributed by atoms with Gasteiger partial charge in [0.25, 0.3) is 0 Å². The number of pyridine rings is 1. The zero-order chi connectivity index (χ0) is 24.9. The summed E-state index contributed by atoms with van der Waals surface area (Å²) in [4.78, 5) is 22.9. The molecular weight excluding hydrogens is 460 g/mol. The van der Waals surface area contributed by atoms with E-state index in [1.807, 2.05) is 54.8 Å². The normalized spacial score (nSPS) is 15.7. The third-order valence-corrected chi connectivity index (χ3v) is 7.74. The fourth-order valence-corrected chi connectivity index (χ4v) is 5.77. The van der Waals surface area contributed by atoms with E-state index in [-0.39, 0.29) is 0 Å². The number of hydrogen-bond donors (Lipinski definition) is 2. The van der Waals surface area contributed by atoms with Gasteiger partial charge >= 0.3 is 5.97 Å². The third kappa shape index (κ3) is 3.81. The number of carboxylic acid groups (broad SMARTS) is 1. The smallest absolute Gasteiger partial charge is 0.309 e. The van der Waals surface area contributed by atoms with Crippen molar-refractivity contribution >= 4 is 28.8 Å². The van der Waals surface area contributed by atoms with Gasteiger partial charge in [-0.3, -0.25) is 14.4 Å². The van der Waals surface area contributed by atoms with Gasteiger partial charge in [0, 0.05) is 21.6 Å². The zero-order valence-electron chi connectivity index (χ0n) is 20.0. The highest BCUT2D eigenvalue weighted by molar-refractivity contribution is 7.15. The lowest BCUT2D eigenvalue weighted by atomic mass is 9.95. The van der Waals surface area contributed by atoms with Gasteiger partial charge in [-0.05, 0) is 44.9 Å². The van der Waals surface area contributed by atoms with Gasteiger partial charge in [-0.2, -0.15) is 0 Å². The van der Waals surface area contributed by atoms with Crippen LogP contribution < -0.4 is 5.73 Å². The molecule has 4 heterocycles. The van der Waals surface area contributed by atoms with Crippen molar-refractivity contribution in [2.24, 2.45) is 10.9 Å². The van der Waals surface area contributed by atoms with E-state index >= 15 is 0 Å². The lowest BCUT2D eigenvalue weighted by Gasteiger charge is -2.18. The van der Waals surface area contributed by atoms with Gasteiger partial charge < -0.3 is 10.8 Å². The largest absolute Gasteiger partial charge is 0.481 e. The van der Waals surface area contributed by atoms with E-state index in [1.54, 1.807) is 17.4 Å². The van der Waals surface area contributed by atoms with E-state index in [4.69, 9.17) is 10.7 Å². The number of thiophene rings is 1. The van der Waals surface area contributed by atoms with Gasteiger partial charge in [0.05, 0.1) is 17.3 Å². The molecule has 9 heteroatoms. The van der Waals surface area contributed by atoms with Crippen LogP contribution in [0, 0.1) is 26.7 Å². The topological polar surface area (TPSA) is 119 Å². The number of anilines is 1. The maximum Gasteiger partial charge on any atom is 0.309 e. The van der Waals surface area contributed by atoms with E-state index in [2.05, 4.69) is 29.0 Å². The molecule has 1 aromatic carbocycles. The predicted molar refractivity (Wildman–Crippen MR) is 137 cm³/mol. The first-order valence-electron chi connectivity index (χ1n) is 11.5. The highest BCUT2D eigenvalue weighted by atomic mass is 32.1. The lowest BCUT2D eigenvalue weighted by molar-refractivity contribution is -0.142. The maximum absolute atomic E-state index is 12.2. The Kier molecular flexibility index (Phi) is 5.72. The number of carbonyl (C=O) groups is 1. The van der Waals surface area contributed by atoms with Crippen LogP contribution >= 0.6 is 11.3 Å². The van der Waals surface area contributed by atoms with Crippen LogP contribution in [0.1, 0.15) is 52.6 Å². The number of aryl methyl sites for hydroxylation is 2.